The molecule has 0 aliphatic carbocycles. The van der Waals surface area contributed by atoms with Crippen LogP contribution in [0.1, 0.15) is 69.4 Å². The van der Waals surface area contributed by atoms with Crippen LogP contribution >= 0.6 is 22.7 Å². The molecule has 1 aromatic carbocycles. The molecular weight excluding hydrogens is 547 g/mol. The second-order valence-electron chi connectivity index (χ2n) is 11.3. The molecule has 0 saturated heterocycles. The maximum atomic E-state index is 13.5. The third kappa shape index (κ3) is 3.49. The van der Waals surface area contributed by atoms with Crippen LogP contribution in [0.25, 0.3) is 42.6 Å². The number of hydrogen-bond acceptors (Lipinski definition) is 8. The van der Waals surface area contributed by atoms with E-state index in [2.05, 4.69) is 53.7 Å². The first kappa shape index (κ1) is 24.9. The summed E-state index contributed by atoms with van der Waals surface area (Å²) in [6.07, 6.45) is 1.87. The third-order valence-electron chi connectivity index (χ3n) is 7.47. The van der Waals surface area contributed by atoms with E-state index in [0.29, 0.717) is 33.9 Å². The number of nitrogens with zero attached hydrogens (tertiary/aromatic N) is 3. The maximum absolute atomic E-state index is 13.5. The van der Waals surface area contributed by atoms with E-state index >= 15 is 0 Å². The topological polar surface area (TPSA) is 82.0 Å². The van der Waals surface area contributed by atoms with Gasteiger partial charge in [-0.25, -0.2) is 18.4 Å². The molecule has 0 saturated carbocycles. The van der Waals surface area contributed by atoms with Crippen molar-refractivity contribution in [2.75, 3.05) is 0 Å². The van der Waals surface area contributed by atoms with Crippen LogP contribution in [-0.4, -0.2) is 23.4 Å². The summed E-state index contributed by atoms with van der Waals surface area (Å²) in [5.41, 5.74) is 4.41. The zero-order valence-electron chi connectivity index (χ0n) is 22.5. The van der Waals surface area contributed by atoms with Crippen molar-refractivity contribution >= 4 is 43.5 Å². The van der Waals surface area contributed by atoms with Crippen molar-refractivity contribution in [3.8, 4) is 37.3 Å². The van der Waals surface area contributed by atoms with Crippen molar-refractivity contribution in [2.45, 2.75) is 68.9 Å². The number of thiophene rings is 2. The Morgan fingerprint density at radius 1 is 0.897 bits per heavy atom. The Kier molecular flexibility index (Phi) is 5.22. The molecule has 39 heavy (non-hydrogen) atoms. The quantitative estimate of drug-likeness (QED) is 0.212. The molecule has 0 spiro atoms. The van der Waals surface area contributed by atoms with Gasteiger partial charge in [0.1, 0.15) is 28.3 Å². The molecule has 2 aliphatic heterocycles. The van der Waals surface area contributed by atoms with Gasteiger partial charge in [0.15, 0.2) is 5.03 Å². The SMILES string of the molecule is CC(C)c1cc2c(s1)-c1sc(-c3ncc(C(C)C)c4nc5c(nc34)S(=O)(=O)c3ccccc3-5)cc1C(C)(C)O2. The van der Waals surface area contributed by atoms with E-state index in [1.165, 1.54) is 9.75 Å². The second-order valence-corrected chi connectivity index (χ2v) is 15.2. The van der Waals surface area contributed by atoms with E-state index in [0.717, 1.165) is 26.6 Å². The van der Waals surface area contributed by atoms with Crippen LogP contribution in [0.15, 0.2) is 52.5 Å². The van der Waals surface area contributed by atoms with Crippen molar-refractivity contribution in [3.05, 3.63) is 58.6 Å². The Morgan fingerprint density at radius 2 is 1.67 bits per heavy atom. The van der Waals surface area contributed by atoms with Gasteiger partial charge in [-0.1, -0.05) is 45.9 Å². The smallest absolute Gasteiger partial charge is 0.226 e. The first-order valence-electron chi connectivity index (χ1n) is 13.0. The molecule has 198 valence electrons. The number of sulfone groups is 1. The fourth-order valence-electron chi connectivity index (χ4n) is 5.37. The Labute approximate surface area is 235 Å². The lowest BCUT2D eigenvalue weighted by atomic mass is 9.94. The summed E-state index contributed by atoms with van der Waals surface area (Å²) in [6, 6.07) is 11.3. The van der Waals surface area contributed by atoms with Crippen molar-refractivity contribution in [2.24, 2.45) is 0 Å². The molecule has 4 aromatic heterocycles. The fraction of sp³-hybridized carbons (Fsp3) is 0.300. The van der Waals surface area contributed by atoms with Crippen LogP contribution in [-0.2, 0) is 15.4 Å². The predicted octanol–water partition coefficient (Wildman–Crippen LogP) is 8.17. The van der Waals surface area contributed by atoms with Crippen molar-refractivity contribution in [1.82, 2.24) is 15.0 Å². The first-order chi connectivity index (χ1) is 18.5. The van der Waals surface area contributed by atoms with Crippen LogP contribution in [0.2, 0.25) is 0 Å². The number of hydrogen-bond donors (Lipinski definition) is 0. The Hall–Kier alpha value is -3.14. The average Bonchev–Trinajstić information content (AvgIpc) is 3.57. The van der Waals surface area contributed by atoms with Gasteiger partial charge in [0, 0.05) is 27.8 Å². The molecule has 0 unspecified atom stereocenters. The molecule has 0 amide bonds. The summed E-state index contributed by atoms with van der Waals surface area (Å²) in [4.78, 5) is 19.4. The predicted molar refractivity (Wildman–Crippen MR) is 157 cm³/mol. The van der Waals surface area contributed by atoms with Crippen molar-refractivity contribution in [3.63, 3.8) is 0 Å². The summed E-state index contributed by atoms with van der Waals surface area (Å²) in [6.45, 7) is 12.7. The van der Waals surface area contributed by atoms with E-state index < -0.39 is 15.4 Å². The standard InChI is InChI=1S/C30H27N3O3S3/c1-14(2)17-13-31-25(26-23(17)32-24-16-9-7-8-10-22(16)39(34,35)29(24)33-26)21-11-18-27(38-21)28-19(36-30(18,5)6)12-20(37-28)15(3)4/h7-15H,1-6H3. The van der Waals surface area contributed by atoms with Gasteiger partial charge in [-0.05, 0) is 43.9 Å². The van der Waals surface area contributed by atoms with Gasteiger partial charge < -0.3 is 4.74 Å². The number of pyridine rings is 1. The molecule has 0 fully saturated rings. The van der Waals surface area contributed by atoms with Gasteiger partial charge in [0.2, 0.25) is 9.84 Å². The van der Waals surface area contributed by atoms with E-state index in [4.69, 9.17) is 19.7 Å². The highest BCUT2D eigenvalue weighted by Crippen LogP contribution is 2.55. The Bertz CT molecular complexity index is 1950. The van der Waals surface area contributed by atoms with Crippen LogP contribution in [0.3, 0.4) is 0 Å². The lowest BCUT2D eigenvalue weighted by Crippen LogP contribution is -2.27. The van der Waals surface area contributed by atoms with Gasteiger partial charge in [0.05, 0.1) is 25.0 Å². The highest BCUT2D eigenvalue weighted by atomic mass is 32.2. The second kappa shape index (κ2) is 8.19. The molecule has 2 aliphatic rings. The fourth-order valence-corrected chi connectivity index (χ4v) is 9.46. The number of ether oxygens (including phenoxy) is 1. The molecule has 6 heterocycles. The summed E-state index contributed by atoms with van der Waals surface area (Å²) in [7, 11) is -3.77. The largest absolute Gasteiger partial charge is 0.482 e. The van der Waals surface area contributed by atoms with Crippen LogP contribution < -0.4 is 4.74 Å². The molecule has 5 aromatic rings. The normalized spacial score (nSPS) is 16.2. The van der Waals surface area contributed by atoms with E-state index in [-0.39, 0.29) is 15.8 Å². The lowest BCUT2D eigenvalue weighted by Gasteiger charge is -2.31. The van der Waals surface area contributed by atoms with Gasteiger partial charge >= 0.3 is 0 Å². The van der Waals surface area contributed by atoms with Crippen LogP contribution in [0.4, 0.5) is 0 Å². The van der Waals surface area contributed by atoms with Gasteiger partial charge in [-0.15, -0.1) is 22.7 Å². The minimum atomic E-state index is -3.77. The number of benzene rings is 1. The van der Waals surface area contributed by atoms with Crippen molar-refractivity contribution < 1.29 is 13.2 Å². The Balaban J connectivity index is 1.50. The first-order valence-corrected chi connectivity index (χ1v) is 16.1. The minimum Gasteiger partial charge on any atom is -0.482 e. The summed E-state index contributed by atoms with van der Waals surface area (Å²) in [5.74, 6) is 1.47. The zero-order chi connectivity index (χ0) is 27.4. The highest BCUT2D eigenvalue weighted by molar-refractivity contribution is 7.92. The number of fused-ring (bicyclic) bond motifs is 7. The molecule has 0 N–H and O–H groups in total. The summed E-state index contributed by atoms with van der Waals surface area (Å²) >= 11 is 3.43. The molecule has 0 bridgehead atoms. The number of rotatable bonds is 3. The van der Waals surface area contributed by atoms with E-state index in [1.54, 1.807) is 40.9 Å². The molecule has 6 nitrogen and oxygen atoms in total. The van der Waals surface area contributed by atoms with E-state index in [1.807, 2.05) is 12.3 Å². The van der Waals surface area contributed by atoms with Crippen molar-refractivity contribution in [1.29, 1.82) is 0 Å². The van der Waals surface area contributed by atoms with Gasteiger partial charge in [-0.3, -0.25) is 4.98 Å². The molecule has 9 heteroatoms. The maximum Gasteiger partial charge on any atom is 0.226 e. The highest BCUT2D eigenvalue weighted by Gasteiger charge is 2.39. The van der Waals surface area contributed by atoms with Gasteiger partial charge in [-0.2, -0.15) is 0 Å². The monoisotopic (exact) mass is 573 g/mol. The van der Waals surface area contributed by atoms with Crippen LogP contribution in [0.5, 0.6) is 5.75 Å². The lowest BCUT2D eigenvalue weighted by molar-refractivity contribution is 0.107. The summed E-state index contributed by atoms with van der Waals surface area (Å²) in [5, 5.41) is 0.00672. The van der Waals surface area contributed by atoms with Crippen LogP contribution in [0, 0.1) is 0 Å². The van der Waals surface area contributed by atoms with Gasteiger partial charge in [0.25, 0.3) is 0 Å². The molecule has 0 radical (unpaired) electrons. The number of aromatic nitrogens is 3. The average molecular weight is 574 g/mol. The third-order valence-corrected chi connectivity index (χ3v) is 11.9. The summed E-state index contributed by atoms with van der Waals surface area (Å²) < 4.78 is 33.5. The molecule has 7 rings (SSSR count). The molecule has 0 atom stereocenters. The Morgan fingerprint density at radius 3 is 2.41 bits per heavy atom. The molecular formula is C30H27N3O3S3. The minimum absolute atomic E-state index is 0.00672. The van der Waals surface area contributed by atoms with E-state index in [9.17, 15) is 8.42 Å². The zero-order valence-corrected chi connectivity index (χ0v) is 24.9.